The average Bonchev–Trinajstić information content (AvgIpc) is 2.70. The number of hydrogen-bond donors (Lipinski definition) is 7. The summed E-state index contributed by atoms with van der Waals surface area (Å²) >= 11 is 0. The minimum atomic E-state index is -1.65. The summed E-state index contributed by atoms with van der Waals surface area (Å²) in [5, 5.41) is 68.9. The topological polar surface area (TPSA) is 190 Å². The van der Waals surface area contributed by atoms with Gasteiger partial charge in [-0.05, 0) is 12.1 Å². The number of aliphatic hydroxyl groups excluding tert-OH is 3. The summed E-state index contributed by atoms with van der Waals surface area (Å²) in [6.45, 7) is -0.345. The Kier molecular flexibility index (Phi) is 5.11. The van der Waals surface area contributed by atoms with Crippen LogP contribution in [0, 0.1) is 0 Å². The van der Waals surface area contributed by atoms with E-state index in [1.807, 2.05) is 0 Å². The van der Waals surface area contributed by atoms with Gasteiger partial charge in [0.2, 0.25) is 12.0 Å². The first-order chi connectivity index (χ1) is 14.7. The summed E-state index contributed by atoms with van der Waals surface area (Å²) < 4.78 is 16.0. The molecule has 0 spiro atoms. The largest absolute Gasteiger partial charge is 0.508 e. The molecule has 0 radical (unpaired) electrons. The van der Waals surface area contributed by atoms with Crippen LogP contribution < -0.4 is 10.2 Å². The van der Waals surface area contributed by atoms with E-state index in [4.69, 9.17) is 13.9 Å². The maximum atomic E-state index is 12.4. The second-order valence-corrected chi connectivity index (χ2v) is 7.02. The SMILES string of the molecule is O=c1cc(-c2cc(O)c(O)c(O[C@@H]3OC[C@@H](O)[C@H](O)[C@@H]3O)c2)oc2cc(O)cc(O)c12. The van der Waals surface area contributed by atoms with Gasteiger partial charge in [-0.2, -0.15) is 0 Å². The summed E-state index contributed by atoms with van der Waals surface area (Å²) in [4.78, 5) is 12.4. The van der Waals surface area contributed by atoms with Gasteiger partial charge in [0.05, 0.1) is 6.61 Å². The van der Waals surface area contributed by atoms with Crippen molar-refractivity contribution in [1.29, 1.82) is 0 Å². The van der Waals surface area contributed by atoms with Crippen LogP contribution >= 0.6 is 0 Å². The number of ether oxygens (including phenoxy) is 2. The van der Waals surface area contributed by atoms with Crippen LogP contribution in [0.3, 0.4) is 0 Å². The van der Waals surface area contributed by atoms with Crippen molar-refractivity contribution >= 4 is 11.0 Å². The molecular weight excluding hydrogens is 416 g/mol. The Morgan fingerprint density at radius 1 is 0.903 bits per heavy atom. The average molecular weight is 434 g/mol. The minimum Gasteiger partial charge on any atom is -0.508 e. The molecule has 1 aliphatic rings. The van der Waals surface area contributed by atoms with Gasteiger partial charge in [-0.3, -0.25) is 4.79 Å². The summed E-state index contributed by atoms with van der Waals surface area (Å²) in [7, 11) is 0. The second kappa shape index (κ2) is 7.63. The van der Waals surface area contributed by atoms with Gasteiger partial charge in [0.1, 0.15) is 46.5 Å². The van der Waals surface area contributed by atoms with Crippen molar-refractivity contribution in [3.63, 3.8) is 0 Å². The predicted molar refractivity (Wildman–Crippen MR) is 103 cm³/mol. The molecule has 7 N–H and O–H groups in total. The highest BCUT2D eigenvalue weighted by molar-refractivity contribution is 5.86. The van der Waals surface area contributed by atoms with Crippen molar-refractivity contribution < 1.29 is 49.6 Å². The molecule has 4 rings (SSSR count). The molecule has 164 valence electrons. The number of aromatic hydroxyl groups is 4. The van der Waals surface area contributed by atoms with E-state index in [9.17, 15) is 40.5 Å². The lowest BCUT2D eigenvalue weighted by atomic mass is 10.1. The summed E-state index contributed by atoms with van der Waals surface area (Å²) in [6, 6.07) is 5.39. The van der Waals surface area contributed by atoms with Crippen LogP contribution in [-0.4, -0.2) is 67.0 Å². The number of aliphatic hydroxyl groups is 3. The van der Waals surface area contributed by atoms with E-state index in [0.717, 1.165) is 24.3 Å². The molecule has 11 heteroatoms. The van der Waals surface area contributed by atoms with E-state index >= 15 is 0 Å². The van der Waals surface area contributed by atoms with E-state index in [-0.39, 0.29) is 40.4 Å². The molecule has 0 saturated carbocycles. The molecule has 4 atom stereocenters. The lowest BCUT2D eigenvalue weighted by molar-refractivity contribution is -0.242. The zero-order valence-electron chi connectivity index (χ0n) is 15.7. The summed E-state index contributed by atoms with van der Waals surface area (Å²) in [6.07, 6.45) is -6.02. The molecule has 3 aromatic rings. The molecule has 11 nitrogen and oxygen atoms in total. The smallest absolute Gasteiger partial charge is 0.229 e. The molecule has 1 aromatic heterocycles. The zero-order valence-corrected chi connectivity index (χ0v) is 15.7. The van der Waals surface area contributed by atoms with Gasteiger partial charge < -0.3 is 49.6 Å². The normalized spacial score (nSPS) is 23.7. The minimum absolute atomic E-state index is 0.0676. The molecule has 1 saturated heterocycles. The molecule has 0 amide bonds. The van der Waals surface area contributed by atoms with Crippen molar-refractivity contribution in [3.8, 4) is 40.1 Å². The molecule has 0 aliphatic carbocycles. The van der Waals surface area contributed by atoms with E-state index in [2.05, 4.69) is 0 Å². The third-order valence-corrected chi connectivity index (χ3v) is 4.83. The van der Waals surface area contributed by atoms with E-state index < -0.39 is 47.3 Å². The quantitative estimate of drug-likeness (QED) is 0.277. The van der Waals surface area contributed by atoms with Gasteiger partial charge >= 0.3 is 0 Å². The summed E-state index contributed by atoms with van der Waals surface area (Å²) in [5.74, 6) is -2.64. The Morgan fingerprint density at radius 2 is 1.65 bits per heavy atom. The molecule has 1 aliphatic heterocycles. The van der Waals surface area contributed by atoms with Gasteiger partial charge in [0, 0.05) is 23.8 Å². The fourth-order valence-corrected chi connectivity index (χ4v) is 3.23. The standard InChI is InChI=1S/C20H18O11/c21-8-3-9(22)16-10(23)5-13(30-14(16)4-8)7-1-11(24)17(26)15(2-7)31-20-19(28)18(27)12(25)6-29-20/h1-5,12,18-22,24-28H,6H2/t12-,18+,19+,20+/m1/s1. The molecule has 2 aromatic carbocycles. The van der Waals surface area contributed by atoms with E-state index in [0.29, 0.717) is 0 Å². The fourth-order valence-electron chi connectivity index (χ4n) is 3.23. The van der Waals surface area contributed by atoms with Gasteiger partial charge in [0.25, 0.3) is 0 Å². The number of benzene rings is 2. The monoisotopic (exact) mass is 434 g/mol. The Bertz CT molecular complexity index is 1200. The molecule has 0 unspecified atom stereocenters. The Labute approximate surface area is 173 Å². The zero-order chi connectivity index (χ0) is 22.4. The maximum absolute atomic E-state index is 12.4. The lowest BCUT2D eigenvalue weighted by Gasteiger charge is -2.35. The molecule has 0 bridgehead atoms. The maximum Gasteiger partial charge on any atom is 0.229 e. The lowest BCUT2D eigenvalue weighted by Crippen LogP contribution is -2.54. The number of phenols is 4. The number of hydrogen-bond acceptors (Lipinski definition) is 11. The Balaban J connectivity index is 1.76. The first kappa shape index (κ1) is 20.8. The summed E-state index contributed by atoms with van der Waals surface area (Å²) in [5.41, 5.74) is -0.692. The predicted octanol–water partition coefficient (Wildman–Crippen LogP) is 0.100. The van der Waals surface area contributed by atoms with Crippen LogP contribution in [0.15, 0.2) is 39.5 Å². The van der Waals surface area contributed by atoms with Crippen LogP contribution in [0.5, 0.6) is 28.7 Å². The third-order valence-electron chi connectivity index (χ3n) is 4.83. The number of rotatable bonds is 3. The number of fused-ring (bicyclic) bond motifs is 1. The highest BCUT2D eigenvalue weighted by atomic mass is 16.7. The molecule has 1 fully saturated rings. The fraction of sp³-hybridized carbons (Fsp3) is 0.250. The van der Waals surface area contributed by atoms with Crippen LogP contribution in [-0.2, 0) is 4.74 Å². The van der Waals surface area contributed by atoms with E-state index in [1.54, 1.807) is 0 Å². The Morgan fingerprint density at radius 3 is 2.39 bits per heavy atom. The van der Waals surface area contributed by atoms with Crippen molar-refractivity contribution in [1.82, 2.24) is 0 Å². The Hall–Kier alpha value is -3.51. The van der Waals surface area contributed by atoms with Gasteiger partial charge in [-0.15, -0.1) is 0 Å². The first-order valence-corrected chi connectivity index (χ1v) is 9.04. The molecular formula is C20H18O11. The molecule has 31 heavy (non-hydrogen) atoms. The van der Waals surface area contributed by atoms with Crippen molar-refractivity contribution in [2.75, 3.05) is 6.61 Å². The highest BCUT2D eigenvalue weighted by Gasteiger charge is 2.39. The van der Waals surface area contributed by atoms with Crippen LogP contribution in [0.4, 0.5) is 0 Å². The second-order valence-electron chi connectivity index (χ2n) is 7.02. The van der Waals surface area contributed by atoms with Crippen LogP contribution in [0.25, 0.3) is 22.3 Å². The van der Waals surface area contributed by atoms with Gasteiger partial charge in [0.15, 0.2) is 16.9 Å². The highest BCUT2D eigenvalue weighted by Crippen LogP contribution is 2.41. The first-order valence-electron chi connectivity index (χ1n) is 9.04. The van der Waals surface area contributed by atoms with Crippen LogP contribution in [0.1, 0.15) is 0 Å². The van der Waals surface area contributed by atoms with Crippen molar-refractivity contribution in [2.45, 2.75) is 24.6 Å². The van der Waals surface area contributed by atoms with Gasteiger partial charge in [-0.1, -0.05) is 0 Å². The van der Waals surface area contributed by atoms with Gasteiger partial charge in [-0.25, -0.2) is 0 Å². The number of phenolic OH excluding ortho intramolecular Hbond substituents is 4. The van der Waals surface area contributed by atoms with Crippen molar-refractivity contribution in [3.05, 3.63) is 40.6 Å². The van der Waals surface area contributed by atoms with Crippen LogP contribution in [0.2, 0.25) is 0 Å². The van der Waals surface area contributed by atoms with E-state index in [1.165, 1.54) is 6.07 Å². The van der Waals surface area contributed by atoms with Crippen molar-refractivity contribution in [2.24, 2.45) is 0 Å². The third kappa shape index (κ3) is 3.70. The molecule has 2 heterocycles.